The van der Waals surface area contributed by atoms with Crippen molar-refractivity contribution >= 4 is 36.0 Å². The topological polar surface area (TPSA) is 78.0 Å². The van der Waals surface area contributed by atoms with E-state index in [9.17, 15) is 4.79 Å². The van der Waals surface area contributed by atoms with E-state index >= 15 is 0 Å². The van der Waals surface area contributed by atoms with E-state index in [0.717, 1.165) is 25.6 Å². The number of guanidine groups is 1. The van der Waals surface area contributed by atoms with Crippen LogP contribution in [0.1, 0.15) is 33.6 Å². The molecule has 3 N–H and O–H groups in total. The Morgan fingerprint density at radius 2 is 1.75 bits per heavy atom. The number of rotatable bonds is 5. The number of carbonyl (C=O) groups excluding carboxylic acids is 1. The number of ether oxygens (including phenoxy) is 1. The van der Waals surface area contributed by atoms with Gasteiger partial charge in [0.2, 0.25) is 0 Å². The molecule has 0 spiro atoms. The van der Waals surface area contributed by atoms with Gasteiger partial charge in [-0.2, -0.15) is 0 Å². The molecule has 1 aliphatic heterocycles. The van der Waals surface area contributed by atoms with E-state index in [1.165, 1.54) is 12.8 Å². The minimum Gasteiger partial charge on any atom is -0.444 e. The largest absolute Gasteiger partial charge is 0.444 e. The van der Waals surface area contributed by atoms with Crippen LogP contribution in [0, 0.1) is 5.92 Å². The van der Waals surface area contributed by atoms with Gasteiger partial charge in [0, 0.05) is 26.7 Å². The van der Waals surface area contributed by atoms with Gasteiger partial charge in [-0.15, -0.1) is 24.0 Å². The highest BCUT2D eigenvalue weighted by molar-refractivity contribution is 14.0. The fourth-order valence-electron chi connectivity index (χ4n) is 2.39. The second-order valence-electron chi connectivity index (χ2n) is 7.06. The molecule has 0 aromatic carbocycles. The van der Waals surface area contributed by atoms with Crippen LogP contribution < -0.4 is 16.0 Å². The molecular formula is C16H34IN5O2. The summed E-state index contributed by atoms with van der Waals surface area (Å²) in [5, 5.41) is 9.27. The summed E-state index contributed by atoms with van der Waals surface area (Å²) in [4.78, 5) is 18.1. The normalized spacial score (nSPS) is 17.0. The number of nitrogens with zero attached hydrogens (tertiary/aromatic N) is 2. The number of likely N-dealkylation sites (tertiary alicyclic amines) is 1. The Kier molecular flexibility index (Phi) is 11.4. The third kappa shape index (κ3) is 10.9. The molecule has 24 heavy (non-hydrogen) atoms. The van der Waals surface area contributed by atoms with Crippen molar-refractivity contribution in [3.63, 3.8) is 0 Å². The molecule has 0 aromatic heterocycles. The van der Waals surface area contributed by atoms with Gasteiger partial charge < -0.3 is 25.6 Å². The summed E-state index contributed by atoms with van der Waals surface area (Å²) < 4.78 is 5.18. The van der Waals surface area contributed by atoms with Crippen LogP contribution in [0.25, 0.3) is 0 Å². The molecule has 0 aromatic rings. The number of carbonyl (C=O) groups is 1. The Bertz CT molecular complexity index is 390. The zero-order chi connectivity index (χ0) is 17.3. The Balaban J connectivity index is 0.00000529. The fraction of sp³-hybridized carbons (Fsp3) is 0.875. The lowest BCUT2D eigenvalue weighted by Crippen LogP contribution is -2.44. The maximum absolute atomic E-state index is 11.5. The van der Waals surface area contributed by atoms with E-state index in [-0.39, 0.29) is 24.0 Å². The van der Waals surface area contributed by atoms with E-state index in [1.54, 1.807) is 7.05 Å². The van der Waals surface area contributed by atoms with Crippen molar-refractivity contribution in [2.24, 2.45) is 10.9 Å². The molecule has 0 unspecified atom stereocenters. The minimum absolute atomic E-state index is 0. The van der Waals surface area contributed by atoms with Gasteiger partial charge in [0.05, 0.1) is 0 Å². The van der Waals surface area contributed by atoms with Gasteiger partial charge in [-0.25, -0.2) is 4.79 Å². The maximum atomic E-state index is 11.5. The second-order valence-corrected chi connectivity index (χ2v) is 7.06. The Morgan fingerprint density at radius 1 is 1.17 bits per heavy atom. The molecule has 1 fully saturated rings. The lowest BCUT2D eigenvalue weighted by atomic mass is 9.97. The first kappa shape index (κ1) is 23.2. The van der Waals surface area contributed by atoms with Crippen LogP contribution in [-0.4, -0.2) is 69.4 Å². The van der Waals surface area contributed by atoms with Crippen LogP contribution in [0.3, 0.4) is 0 Å². The maximum Gasteiger partial charge on any atom is 0.407 e. The summed E-state index contributed by atoms with van der Waals surface area (Å²) in [6.45, 7) is 9.90. The summed E-state index contributed by atoms with van der Waals surface area (Å²) in [6.07, 6.45) is 2.05. The van der Waals surface area contributed by atoms with E-state index in [0.29, 0.717) is 19.0 Å². The molecule has 0 bridgehead atoms. The zero-order valence-electron chi connectivity index (χ0n) is 15.6. The van der Waals surface area contributed by atoms with Crippen molar-refractivity contribution in [3.8, 4) is 0 Å². The van der Waals surface area contributed by atoms with Gasteiger partial charge in [0.15, 0.2) is 5.96 Å². The summed E-state index contributed by atoms with van der Waals surface area (Å²) in [5.41, 5.74) is -0.469. The van der Waals surface area contributed by atoms with Crippen molar-refractivity contribution in [2.45, 2.75) is 39.2 Å². The third-order valence-electron chi connectivity index (χ3n) is 3.71. The lowest BCUT2D eigenvalue weighted by Gasteiger charge is -2.29. The SMILES string of the molecule is CN=C(NCCNC(=O)OC(C)(C)C)NCC1CCN(C)CC1.I. The van der Waals surface area contributed by atoms with Crippen LogP contribution >= 0.6 is 24.0 Å². The molecule has 1 saturated heterocycles. The molecule has 1 aliphatic rings. The van der Waals surface area contributed by atoms with Gasteiger partial charge in [-0.3, -0.25) is 4.99 Å². The van der Waals surface area contributed by atoms with E-state index in [2.05, 4.69) is 32.9 Å². The molecule has 0 atom stereocenters. The molecule has 0 saturated carbocycles. The first-order chi connectivity index (χ1) is 10.8. The summed E-state index contributed by atoms with van der Waals surface area (Å²) in [5.74, 6) is 1.47. The van der Waals surface area contributed by atoms with Gasteiger partial charge in [0.25, 0.3) is 0 Å². The highest BCUT2D eigenvalue weighted by atomic mass is 127. The predicted octanol–water partition coefficient (Wildman–Crippen LogP) is 1.64. The summed E-state index contributed by atoms with van der Waals surface area (Å²) in [6, 6.07) is 0. The number of amides is 1. The van der Waals surface area contributed by atoms with Crippen molar-refractivity contribution in [1.82, 2.24) is 20.9 Å². The fourth-order valence-corrected chi connectivity index (χ4v) is 2.39. The number of hydrogen-bond acceptors (Lipinski definition) is 4. The first-order valence-corrected chi connectivity index (χ1v) is 8.40. The van der Waals surface area contributed by atoms with Crippen molar-refractivity contribution in [2.75, 3.05) is 46.8 Å². The lowest BCUT2D eigenvalue weighted by molar-refractivity contribution is 0.0529. The predicted molar refractivity (Wildman–Crippen MR) is 109 cm³/mol. The second kappa shape index (κ2) is 11.7. The van der Waals surface area contributed by atoms with Crippen molar-refractivity contribution < 1.29 is 9.53 Å². The number of nitrogens with one attached hydrogen (secondary N) is 3. The Hall–Kier alpha value is -0.770. The standard InChI is InChI=1S/C16H33N5O2.HI/c1-16(2,3)23-15(22)19-9-8-18-14(17-4)20-12-13-6-10-21(5)11-7-13;/h13H,6-12H2,1-5H3,(H,19,22)(H2,17,18,20);1H. The first-order valence-electron chi connectivity index (χ1n) is 8.40. The number of alkyl carbamates (subject to hydrolysis) is 1. The van der Waals surface area contributed by atoms with Crippen molar-refractivity contribution in [3.05, 3.63) is 0 Å². The number of hydrogen-bond donors (Lipinski definition) is 3. The van der Waals surface area contributed by atoms with Crippen molar-refractivity contribution in [1.29, 1.82) is 0 Å². The summed E-state index contributed by atoms with van der Waals surface area (Å²) in [7, 11) is 3.92. The molecule has 8 heteroatoms. The molecule has 1 heterocycles. The van der Waals surface area contributed by atoms with Gasteiger partial charge in [-0.05, 0) is 59.7 Å². The smallest absolute Gasteiger partial charge is 0.407 e. The molecule has 7 nitrogen and oxygen atoms in total. The average molecular weight is 455 g/mol. The van der Waals surface area contributed by atoms with Crippen LogP contribution in [0.5, 0.6) is 0 Å². The van der Waals surface area contributed by atoms with Gasteiger partial charge in [0.1, 0.15) is 5.60 Å². The van der Waals surface area contributed by atoms with Crippen LogP contribution in [-0.2, 0) is 4.74 Å². The number of aliphatic imine (C=N–C) groups is 1. The van der Waals surface area contributed by atoms with Crippen LogP contribution in [0.4, 0.5) is 4.79 Å². The molecule has 0 aliphatic carbocycles. The van der Waals surface area contributed by atoms with Crippen LogP contribution in [0.15, 0.2) is 4.99 Å². The van der Waals surface area contributed by atoms with E-state index < -0.39 is 11.7 Å². The number of piperidine rings is 1. The van der Waals surface area contributed by atoms with E-state index in [1.807, 2.05) is 20.8 Å². The molecule has 0 radical (unpaired) electrons. The zero-order valence-corrected chi connectivity index (χ0v) is 18.0. The molecule has 142 valence electrons. The van der Waals surface area contributed by atoms with Gasteiger partial charge in [-0.1, -0.05) is 0 Å². The highest BCUT2D eigenvalue weighted by Gasteiger charge is 2.17. The minimum atomic E-state index is -0.469. The molecule has 1 amide bonds. The molecule has 1 rings (SSSR count). The number of halogens is 1. The Labute approximate surface area is 163 Å². The quantitative estimate of drug-likeness (QED) is 0.254. The third-order valence-corrected chi connectivity index (χ3v) is 3.71. The highest BCUT2D eigenvalue weighted by Crippen LogP contribution is 2.14. The molecular weight excluding hydrogens is 421 g/mol. The Morgan fingerprint density at radius 3 is 2.29 bits per heavy atom. The van der Waals surface area contributed by atoms with E-state index in [4.69, 9.17) is 4.74 Å². The monoisotopic (exact) mass is 455 g/mol. The summed E-state index contributed by atoms with van der Waals surface area (Å²) >= 11 is 0. The van der Waals surface area contributed by atoms with Gasteiger partial charge >= 0.3 is 6.09 Å². The van der Waals surface area contributed by atoms with Crippen LogP contribution in [0.2, 0.25) is 0 Å². The average Bonchev–Trinajstić information content (AvgIpc) is 2.46.